The zero-order valence-corrected chi connectivity index (χ0v) is 21.6. The summed E-state index contributed by atoms with van der Waals surface area (Å²) in [6.45, 7) is 1.98. The van der Waals surface area contributed by atoms with Gasteiger partial charge in [0, 0.05) is 26.0 Å². The lowest BCUT2D eigenvalue weighted by atomic mass is 10.2. The molecule has 2 amide bonds. The van der Waals surface area contributed by atoms with E-state index in [1.54, 1.807) is 6.07 Å². The number of aromatic nitrogens is 1. The number of nitrogens with one attached hydrogen (secondary N) is 2. The van der Waals surface area contributed by atoms with Crippen molar-refractivity contribution in [1.29, 1.82) is 0 Å². The van der Waals surface area contributed by atoms with Crippen LogP contribution in [0.5, 0.6) is 0 Å². The van der Waals surface area contributed by atoms with Crippen molar-refractivity contribution in [3.63, 3.8) is 0 Å². The molecule has 4 rings (SSSR count). The fourth-order valence-electron chi connectivity index (χ4n) is 3.00. The van der Waals surface area contributed by atoms with Gasteiger partial charge in [-0.05, 0) is 48.2 Å². The molecule has 2 heterocycles. The van der Waals surface area contributed by atoms with Crippen molar-refractivity contribution in [1.82, 2.24) is 4.98 Å². The van der Waals surface area contributed by atoms with Gasteiger partial charge < -0.3 is 10.6 Å². The first kappa shape index (κ1) is 23.7. The summed E-state index contributed by atoms with van der Waals surface area (Å²) in [6, 6.07) is 19.1. The molecular formula is C24H20BrN3O2S3. The summed E-state index contributed by atoms with van der Waals surface area (Å²) < 4.78 is 1.01. The molecule has 0 saturated carbocycles. The minimum atomic E-state index is -0.284. The highest BCUT2D eigenvalue weighted by molar-refractivity contribution is 9.10. The summed E-state index contributed by atoms with van der Waals surface area (Å²) in [5.74, 6) is -0.227. The number of anilines is 2. The predicted molar refractivity (Wildman–Crippen MR) is 143 cm³/mol. The standard InChI is InChI=1S/C24H20BrN3O2S3/c1-2-20(22(29)28-24-27-19(14-32-24)15-8-10-16(25)11-9-15)33-18-6-3-5-17(13-18)26-23(30)21-7-4-12-31-21/h3-14,20H,2H2,1H3,(H,26,30)(H,27,28,29). The van der Waals surface area contributed by atoms with Crippen LogP contribution in [0.4, 0.5) is 10.8 Å². The van der Waals surface area contributed by atoms with Gasteiger partial charge in [-0.1, -0.05) is 47.1 Å². The molecule has 0 aliphatic carbocycles. The molecule has 2 N–H and O–H groups in total. The second-order valence-electron chi connectivity index (χ2n) is 7.01. The zero-order chi connectivity index (χ0) is 23.2. The monoisotopic (exact) mass is 557 g/mol. The van der Waals surface area contributed by atoms with Gasteiger partial charge in [-0.3, -0.25) is 9.59 Å². The summed E-state index contributed by atoms with van der Waals surface area (Å²) in [4.78, 5) is 31.4. The Morgan fingerprint density at radius 3 is 2.61 bits per heavy atom. The molecule has 0 radical (unpaired) electrons. The minimum Gasteiger partial charge on any atom is -0.321 e. The van der Waals surface area contributed by atoms with E-state index in [2.05, 4.69) is 31.5 Å². The summed E-state index contributed by atoms with van der Waals surface area (Å²) in [5.41, 5.74) is 2.53. The van der Waals surface area contributed by atoms with Gasteiger partial charge >= 0.3 is 0 Å². The van der Waals surface area contributed by atoms with Crippen LogP contribution in [0.3, 0.4) is 0 Å². The Balaban J connectivity index is 1.39. The van der Waals surface area contributed by atoms with Gasteiger partial charge in [-0.15, -0.1) is 34.4 Å². The highest BCUT2D eigenvalue weighted by atomic mass is 79.9. The lowest BCUT2D eigenvalue weighted by molar-refractivity contribution is -0.115. The van der Waals surface area contributed by atoms with Crippen LogP contribution in [0.1, 0.15) is 23.0 Å². The van der Waals surface area contributed by atoms with Crippen LogP contribution in [0.15, 0.2) is 80.8 Å². The van der Waals surface area contributed by atoms with Gasteiger partial charge in [-0.2, -0.15) is 0 Å². The third kappa shape index (κ3) is 6.32. The molecule has 0 fully saturated rings. The maximum atomic E-state index is 12.9. The first-order valence-electron chi connectivity index (χ1n) is 10.2. The Morgan fingerprint density at radius 1 is 1.06 bits per heavy atom. The average molecular weight is 559 g/mol. The van der Waals surface area contributed by atoms with Crippen LogP contribution in [-0.2, 0) is 4.79 Å². The molecule has 168 valence electrons. The number of thioether (sulfide) groups is 1. The highest BCUT2D eigenvalue weighted by Crippen LogP contribution is 2.30. The molecule has 4 aromatic rings. The maximum Gasteiger partial charge on any atom is 0.265 e. The van der Waals surface area contributed by atoms with Crippen molar-refractivity contribution in [3.8, 4) is 11.3 Å². The minimum absolute atomic E-state index is 0.0905. The van der Waals surface area contributed by atoms with Gasteiger partial charge in [0.2, 0.25) is 5.91 Å². The molecule has 0 bridgehead atoms. The number of thiazole rings is 1. The van der Waals surface area contributed by atoms with E-state index in [0.29, 0.717) is 22.1 Å². The largest absolute Gasteiger partial charge is 0.321 e. The fraction of sp³-hybridized carbons (Fsp3) is 0.125. The molecule has 0 aliphatic rings. The number of hydrogen-bond donors (Lipinski definition) is 2. The topological polar surface area (TPSA) is 71.1 Å². The number of nitrogens with zero attached hydrogens (tertiary/aromatic N) is 1. The molecule has 9 heteroatoms. The number of amides is 2. The molecule has 2 aromatic heterocycles. The van der Waals surface area contributed by atoms with E-state index in [9.17, 15) is 9.59 Å². The van der Waals surface area contributed by atoms with Crippen LogP contribution in [0.2, 0.25) is 0 Å². The summed E-state index contributed by atoms with van der Waals surface area (Å²) in [7, 11) is 0. The number of halogens is 1. The first-order chi connectivity index (χ1) is 16.0. The smallest absolute Gasteiger partial charge is 0.265 e. The Morgan fingerprint density at radius 2 is 1.88 bits per heavy atom. The van der Waals surface area contributed by atoms with Gasteiger partial charge in [-0.25, -0.2) is 4.98 Å². The third-order valence-electron chi connectivity index (χ3n) is 4.65. The van der Waals surface area contributed by atoms with Crippen LogP contribution in [-0.4, -0.2) is 22.0 Å². The van der Waals surface area contributed by atoms with E-state index in [0.717, 1.165) is 20.6 Å². The van der Waals surface area contributed by atoms with Crippen molar-refractivity contribution in [3.05, 3.63) is 80.8 Å². The molecular weight excluding hydrogens is 538 g/mol. The molecule has 1 unspecified atom stereocenters. The number of rotatable bonds is 8. The van der Waals surface area contributed by atoms with Crippen LogP contribution in [0, 0.1) is 0 Å². The van der Waals surface area contributed by atoms with E-state index in [4.69, 9.17) is 0 Å². The predicted octanol–water partition coefficient (Wildman–Crippen LogP) is 7.40. The quantitative estimate of drug-likeness (QED) is 0.221. The fourth-order valence-corrected chi connectivity index (χ4v) is 5.62. The third-order valence-corrected chi connectivity index (χ3v) is 8.17. The van der Waals surface area contributed by atoms with E-state index < -0.39 is 0 Å². The highest BCUT2D eigenvalue weighted by Gasteiger charge is 2.20. The Bertz CT molecular complexity index is 1240. The van der Waals surface area contributed by atoms with E-state index >= 15 is 0 Å². The van der Waals surface area contributed by atoms with E-state index in [1.165, 1.54) is 34.4 Å². The van der Waals surface area contributed by atoms with Crippen LogP contribution >= 0.6 is 50.4 Å². The number of hydrogen-bond acceptors (Lipinski definition) is 6. The van der Waals surface area contributed by atoms with Crippen LogP contribution < -0.4 is 10.6 Å². The lowest BCUT2D eigenvalue weighted by Gasteiger charge is -2.14. The summed E-state index contributed by atoms with van der Waals surface area (Å²) in [6.07, 6.45) is 0.660. The molecule has 0 aliphatic heterocycles. The van der Waals surface area contributed by atoms with Gasteiger partial charge in [0.05, 0.1) is 15.8 Å². The average Bonchev–Trinajstić information content (AvgIpc) is 3.51. The number of thiophene rings is 1. The Labute approximate surface area is 212 Å². The van der Waals surface area contributed by atoms with Crippen molar-refractivity contribution >= 4 is 73.0 Å². The Hall–Kier alpha value is -2.46. The van der Waals surface area contributed by atoms with Crippen molar-refractivity contribution in [2.45, 2.75) is 23.5 Å². The molecule has 0 saturated heterocycles. The van der Waals surface area contributed by atoms with Crippen molar-refractivity contribution in [2.24, 2.45) is 0 Å². The molecule has 5 nitrogen and oxygen atoms in total. The molecule has 1 atom stereocenters. The second-order valence-corrected chi connectivity index (χ2v) is 11.0. The number of carbonyl (C=O) groups excluding carboxylic acids is 2. The molecule has 2 aromatic carbocycles. The van der Waals surface area contributed by atoms with E-state index in [1.807, 2.05) is 72.3 Å². The van der Waals surface area contributed by atoms with Gasteiger partial charge in [0.15, 0.2) is 5.13 Å². The number of benzene rings is 2. The zero-order valence-electron chi connectivity index (χ0n) is 17.6. The molecule has 33 heavy (non-hydrogen) atoms. The normalized spacial score (nSPS) is 11.7. The molecule has 0 spiro atoms. The Kier molecular flexibility index (Phi) is 7.97. The number of carbonyl (C=O) groups is 2. The summed E-state index contributed by atoms with van der Waals surface area (Å²) in [5, 5.41) is 9.97. The lowest BCUT2D eigenvalue weighted by Crippen LogP contribution is -2.24. The summed E-state index contributed by atoms with van der Waals surface area (Å²) >= 11 is 7.71. The van der Waals surface area contributed by atoms with Crippen molar-refractivity contribution in [2.75, 3.05) is 10.6 Å². The van der Waals surface area contributed by atoms with Crippen LogP contribution in [0.25, 0.3) is 11.3 Å². The van der Waals surface area contributed by atoms with Gasteiger partial charge in [0.25, 0.3) is 5.91 Å². The van der Waals surface area contributed by atoms with E-state index in [-0.39, 0.29) is 17.1 Å². The van der Waals surface area contributed by atoms with Gasteiger partial charge in [0.1, 0.15) is 0 Å². The SMILES string of the molecule is CCC(Sc1cccc(NC(=O)c2cccs2)c1)C(=O)Nc1nc(-c2ccc(Br)cc2)cs1. The first-order valence-corrected chi connectivity index (χ1v) is 13.6. The maximum absolute atomic E-state index is 12.9. The second kappa shape index (κ2) is 11.1. The van der Waals surface area contributed by atoms with Crippen molar-refractivity contribution < 1.29 is 9.59 Å².